The second kappa shape index (κ2) is 5.70. The Kier molecular flexibility index (Phi) is 4.35. The van der Waals surface area contributed by atoms with E-state index in [4.69, 9.17) is 10.5 Å². The molecule has 1 unspecified atom stereocenters. The molecule has 1 saturated carbocycles. The Bertz CT molecular complexity index is 450. The van der Waals surface area contributed by atoms with E-state index >= 15 is 0 Å². The SMILES string of the molecule is COC1(C(O)Cc2cccnc2N)CCC(C)(C)CC1. The number of aromatic nitrogens is 1. The number of methoxy groups -OCH3 is 1. The van der Waals surface area contributed by atoms with Crippen molar-refractivity contribution >= 4 is 5.82 Å². The number of hydrogen-bond acceptors (Lipinski definition) is 4. The van der Waals surface area contributed by atoms with Crippen molar-refractivity contribution in [2.45, 2.75) is 57.7 Å². The van der Waals surface area contributed by atoms with Gasteiger partial charge in [0, 0.05) is 19.7 Å². The van der Waals surface area contributed by atoms with Crippen LogP contribution in [-0.4, -0.2) is 28.9 Å². The quantitative estimate of drug-likeness (QED) is 0.888. The highest BCUT2D eigenvalue weighted by Crippen LogP contribution is 2.44. The predicted octanol–water partition coefficient (Wildman–Crippen LogP) is 2.55. The molecule has 112 valence electrons. The van der Waals surface area contributed by atoms with E-state index in [1.165, 1.54) is 0 Å². The van der Waals surface area contributed by atoms with Crippen LogP contribution in [0.15, 0.2) is 18.3 Å². The first kappa shape index (κ1) is 15.3. The predicted molar refractivity (Wildman–Crippen MR) is 80.3 cm³/mol. The summed E-state index contributed by atoms with van der Waals surface area (Å²) < 4.78 is 5.73. The molecule has 0 spiro atoms. The highest BCUT2D eigenvalue weighted by atomic mass is 16.5. The van der Waals surface area contributed by atoms with Gasteiger partial charge in [-0.1, -0.05) is 19.9 Å². The van der Waals surface area contributed by atoms with Gasteiger partial charge in [0.05, 0.1) is 11.7 Å². The molecule has 2 rings (SSSR count). The summed E-state index contributed by atoms with van der Waals surface area (Å²) in [5, 5.41) is 10.7. The lowest BCUT2D eigenvalue weighted by atomic mass is 9.68. The van der Waals surface area contributed by atoms with Crippen molar-refractivity contribution < 1.29 is 9.84 Å². The zero-order valence-electron chi connectivity index (χ0n) is 12.7. The number of nitrogens with zero attached hydrogens (tertiary/aromatic N) is 1. The third-order valence-corrected chi connectivity index (χ3v) is 4.80. The highest BCUT2D eigenvalue weighted by Gasteiger charge is 2.43. The summed E-state index contributed by atoms with van der Waals surface area (Å²) in [6, 6.07) is 3.77. The lowest BCUT2D eigenvalue weighted by molar-refractivity contribution is -0.135. The van der Waals surface area contributed by atoms with Crippen LogP contribution in [0.1, 0.15) is 45.1 Å². The van der Waals surface area contributed by atoms with Crippen LogP contribution in [0.4, 0.5) is 5.82 Å². The lowest BCUT2D eigenvalue weighted by Gasteiger charge is -2.45. The van der Waals surface area contributed by atoms with Gasteiger partial charge in [-0.3, -0.25) is 0 Å². The average molecular weight is 278 g/mol. The van der Waals surface area contributed by atoms with Crippen LogP contribution in [0.25, 0.3) is 0 Å². The average Bonchev–Trinajstić information content (AvgIpc) is 2.42. The fourth-order valence-electron chi connectivity index (χ4n) is 3.04. The van der Waals surface area contributed by atoms with Crippen LogP contribution < -0.4 is 5.73 Å². The van der Waals surface area contributed by atoms with Crippen LogP contribution in [0.2, 0.25) is 0 Å². The monoisotopic (exact) mass is 278 g/mol. The van der Waals surface area contributed by atoms with Gasteiger partial charge in [0.25, 0.3) is 0 Å². The first-order chi connectivity index (χ1) is 9.38. The molecule has 4 heteroatoms. The molecule has 4 nitrogen and oxygen atoms in total. The standard InChI is InChI=1S/C16H26N2O2/c1-15(2)6-8-16(20-3,9-7-15)13(19)11-12-5-4-10-18-14(12)17/h4-5,10,13,19H,6-9,11H2,1-3H3,(H2,17,18). The summed E-state index contributed by atoms with van der Waals surface area (Å²) in [4.78, 5) is 4.07. The van der Waals surface area contributed by atoms with Gasteiger partial charge < -0.3 is 15.6 Å². The summed E-state index contributed by atoms with van der Waals surface area (Å²) >= 11 is 0. The summed E-state index contributed by atoms with van der Waals surface area (Å²) in [5.74, 6) is 0.494. The van der Waals surface area contributed by atoms with E-state index < -0.39 is 11.7 Å². The minimum absolute atomic E-state index is 0.342. The normalized spacial score (nSPS) is 22.4. The molecule has 20 heavy (non-hydrogen) atoms. The van der Waals surface area contributed by atoms with Crippen LogP contribution in [-0.2, 0) is 11.2 Å². The number of aliphatic hydroxyl groups is 1. The maximum absolute atomic E-state index is 10.7. The molecule has 1 fully saturated rings. The van der Waals surface area contributed by atoms with Crippen LogP contribution in [0, 0.1) is 5.41 Å². The van der Waals surface area contributed by atoms with Gasteiger partial charge in [-0.15, -0.1) is 0 Å². The van der Waals surface area contributed by atoms with Gasteiger partial charge in [0.15, 0.2) is 0 Å². The maximum Gasteiger partial charge on any atom is 0.126 e. The Balaban J connectivity index is 2.10. The number of anilines is 1. The number of nitrogen functional groups attached to an aromatic ring is 1. The van der Waals surface area contributed by atoms with Gasteiger partial charge in [-0.2, -0.15) is 0 Å². The topological polar surface area (TPSA) is 68.4 Å². The fraction of sp³-hybridized carbons (Fsp3) is 0.688. The smallest absolute Gasteiger partial charge is 0.126 e. The third kappa shape index (κ3) is 3.13. The van der Waals surface area contributed by atoms with Crippen LogP contribution in [0.5, 0.6) is 0 Å². The van der Waals surface area contributed by atoms with Crippen molar-refractivity contribution in [2.75, 3.05) is 12.8 Å². The van der Waals surface area contributed by atoms with Crippen molar-refractivity contribution in [1.82, 2.24) is 4.98 Å². The van der Waals surface area contributed by atoms with Crippen molar-refractivity contribution in [3.8, 4) is 0 Å². The van der Waals surface area contributed by atoms with Crippen molar-refractivity contribution in [3.63, 3.8) is 0 Å². The van der Waals surface area contributed by atoms with Crippen molar-refractivity contribution in [3.05, 3.63) is 23.9 Å². The molecular formula is C16H26N2O2. The molecule has 0 bridgehead atoms. The lowest BCUT2D eigenvalue weighted by Crippen LogP contribution is -2.49. The van der Waals surface area contributed by atoms with E-state index in [-0.39, 0.29) is 0 Å². The highest BCUT2D eigenvalue weighted by molar-refractivity contribution is 5.39. The molecule has 1 heterocycles. The number of rotatable bonds is 4. The van der Waals surface area contributed by atoms with E-state index in [1.54, 1.807) is 13.3 Å². The number of aliphatic hydroxyl groups excluding tert-OH is 1. The van der Waals surface area contributed by atoms with Crippen molar-refractivity contribution in [2.24, 2.45) is 5.41 Å². The molecule has 1 atom stereocenters. The zero-order chi connectivity index (χ0) is 14.8. The summed E-state index contributed by atoms with van der Waals surface area (Å²) in [6.07, 6.45) is 5.53. The first-order valence-corrected chi connectivity index (χ1v) is 7.31. The minimum Gasteiger partial charge on any atom is -0.390 e. The Morgan fingerprint density at radius 3 is 2.55 bits per heavy atom. The largest absolute Gasteiger partial charge is 0.390 e. The molecule has 0 radical (unpaired) electrons. The van der Waals surface area contributed by atoms with E-state index in [0.717, 1.165) is 31.2 Å². The Morgan fingerprint density at radius 1 is 1.35 bits per heavy atom. The zero-order valence-corrected chi connectivity index (χ0v) is 12.7. The van der Waals surface area contributed by atoms with Gasteiger partial charge >= 0.3 is 0 Å². The number of hydrogen-bond donors (Lipinski definition) is 2. The Labute approximate surface area is 121 Å². The molecule has 0 amide bonds. The Hall–Kier alpha value is -1.13. The number of nitrogens with two attached hydrogens (primary N) is 1. The van der Waals surface area contributed by atoms with E-state index in [1.807, 2.05) is 12.1 Å². The fourth-order valence-corrected chi connectivity index (χ4v) is 3.04. The van der Waals surface area contributed by atoms with E-state index in [9.17, 15) is 5.11 Å². The Morgan fingerprint density at radius 2 is 2.00 bits per heavy atom. The van der Waals surface area contributed by atoms with Gasteiger partial charge in [-0.25, -0.2) is 4.98 Å². The third-order valence-electron chi connectivity index (χ3n) is 4.80. The molecular weight excluding hydrogens is 252 g/mol. The minimum atomic E-state index is -0.546. The second-order valence-electron chi connectivity index (χ2n) is 6.70. The van der Waals surface area contributed by atoms with E-state index in [0.29, 0.717) is 17.7 Å². The second-order valence-corrected chi connectivity index (χ2v) is 6.70. The molecule has 1 aliphatic rings. The van der Waals surface area contributed by atoms with Crippen LogP contribution in [0.3, 0.4) is 0 Å². The molecule has 1 aromatic heterocycles. The van der Waals surface area contributed by atoms with Crippen molar-refractivity contribution in [1.29, 1.82) is 0 Å². The molecule has 1 aromatic rings. The van der Waals surface area contributed by atoms with Gasteiger partial charge in [-0.05, 0) is 42.7 Å². The molecule has 3 N–H and O–H groups in total. The molecule has 0 saturated heterocycles. The van der Waals surface area contributed by atoms with E-state index in [2.05, 4.69) is 18.8 Å². The number of ether oxygens (including phenoxy) is 1. The van der Waals surface area contributed by atoms with Gasteiger partial charge in [0.1, 0.15) is 5.82 Å². The first-order valence-electron chi connectivity index (χ1n) is 7.31. The molecule has 1 aliphatic carbocycles. The summed E-state index contributed by atoms with van der Waals surface area (Å²) in [7, 11) is 1.70. The number of pyridine rings is 1. The maximum atomic E-state index is 10.7. The molecule has 0 aromatic carbocycles. The summed E-state index contributed by atoms with van der Waals surface area (Å²) in [6.45, 7) is 4.55. The summed E-state index contributed by atoms with van der Waals surface area (Å²) in [5.41, 5.74) is 6.65. The van der Waals surface area contributed by atoms with Crippen LogP contribution >= 0.6 is 0 Å². The molecule has 0 aliphatic heterocycles. The van der Waals surface area contributed by atoms with Gasteiger partial charge in [0.2, 0.25) is 0 Å².